The zero-order valence-electron chi connectivity index (χ0n) is 21.7. The maximum atomic E-state index is 13.4. The van der Waals surface area contributed by atoms with Crippen molar-refractivity contribution in [3.05, 3.63) is 94.5 Å². The first kappa shape index (κ1) is 29.2. The first-order valence-corrected chi connectivity index (χ1v) is 16.0. The van der Waals surface area contributed by atoms with Crippen LogP contribution in [0.25, 0.3) is 0 Å². The smallest absolute Gasteiger partial charge is 0.243 e. The summed E-state index contributed by atoms with van der Waals surface area (Å²) >= 11 is 6.09. The fourth-order valence-electron chi connectivity index (χ4n) is 4.39. The van der Waals surface area contributed by atoms with Gasteiger partial charge in [0.25, 0.3) is 0 Å². The van der Waals surface area contributed by atoms with Gasteiger partial charge in [-0.15, -0.1) is 0 Å². The third-order valence-corrected chi connectivity index (χ3v) is 10.5. The Morgan fingerprint density at radius 2 is 1.54 bits per heavy atom. The van der Waals surface area contributed by atoms with Crippen molar-refractivity contribution >= 4 is 37.6 Å². The van der Waals surface area contributed by atoms with Gasteiger partial charge in [0.05, 0.1) is 16.3 Å². The van der Waals surface area contributed by atoms with Gasteiger partial charge >= 0.3 is 0 Å². The lowest BCUT2D eigenvalue weighted by atomic mass is 10.1. The summed E-state index contributed by atoms with van der Waals surface area (Å²) in [4.78, 5) is 13.2. The van der Waals surface area contributed by atoms with Crippen molar-refractivity contribution in [2.75, 3.05) is 26.2 Å². The van der Waals surface area contributed by atoms with Crippen LogP contribution in [0, 0.1) is 6.92 Å². The third kappa shape index (κ3) is 7.46. The molecule has 1 saturated heterocycles. The minimum atomic E-state index is -3.96. The summed E-state index contributed by atoms with van der Waals surface area (Å²) in [5.74, 6) is -0.444. The molecule has 3 aromatic rings. The topological polar surface area (TPSA) is 104 Å². The highest BCUT2D eigenvalue weighted by atomic mass is 35.5. The number of aryl methyl sites for hydroxylation is 1. The normalized spacial score (nSPS) is 14.5. The molecule has 0 radical (unpaired) electrons. The van der Waals surface area contributed by atoms with Crippen LogP contribution < -0.4 is 5.32 Å². The van der Waals surface area contributed by atoms with Gasteiger partial charge in [0.1, 0.15) is 0 Å². The van der Waals surface area contributed by atoms with E-state index in [9.17, 15) is 21.6 Å². The minimum Gasteiger partial charge on any atom is -0.355 e. The van der Waals surface area contributed by atoms with Gasteiger partial charge in [0, 0.05) is 31.2 Å². The molecule has 0 unspecified atom stereocenters. The van der Waals surface area contributed by atoms with E-state index in [2.05, 4.69) is 5.32 Å². The molecule has 8 nitrogen and oxygen atoms in total. The SMILES string of the molecule is Cc1ccc(S(=O)(=O)N(CC(=O)NCCc2ccc(S(=O)(=O)N3CCCC3)cc2)Cc2cccc(Cl)c2)cc1. The predicted octanol–water partition coefficient (Wildman–Crippen LogP) is 3.98. The van der Waals surface area contributed by atoms with Crippen LogP contribution in [0.5, 0.6) is 0 Å². The molecule has 1 heterocycles. The van der Waals surface area contributed by atoms with E-state index in [1.54, 1.807) is 60.7 Å². The molecule has 4 rings (SSSR count). The number of nitrogens with zero attached hydrogens (tertiary/aromatic N) is 2. The van der Waals surface area contributed by atoms with Crippen LogP contribution >= 0.6 is 11.6 Å². The predicted molar refractivity (Wildman–Crippen MR) is 151 cm³/mol. The van der Waals surface area contributed by atoms with Gasteiger partial charge in [-0.2, -0.15) is 8.61 Å². The second kappa shape index (κ2) is 12.6. The van der Waals surface area contributed by atoms with Crippen LogP contribution in [0.1, 0.15) is 29.5 Å². The summed E-state index contributed by atoms with van der Waals surface area (Å²) in [5.41, 5.74) is 2.45. The molecule has 0 aromatic heterocycles. The summed E-state index contributed by atoms with van der Waals surface area (Å²) in [6, 6.07) is 20.0. The summed E-state index contributed by atoms with van der Waals surface area (Å²) in [5, 5.41) is 3.26. The highest BCUT2D eigenvalue weighted by Gasteiger charge is 2.28. The molecule has 39 heavy (non-hydrogen) atoms. The fraction of sp³-hybridized carbons (Fsp3) is 0.321. The Morgan fingerprint density at radius 1 is 0.897 bits per heavy atom. The van der Waals surface area contributed by atoms with Crippen molar-refractivity contribution in [1.82, 2.24) is 13.9 Å². The molecule has 0 saturated carbocycles. The first-order chi connectivity index (χ1) is 18.6. The summed E-state index contributed by atoms with van der Waals surface area (Å²) in [6.07, 6.45) is 2.22. The number of carbonyl (C=O) groups is 1. The van der Waals surface area contributed by atoms with E-state index in [0.717, 1.165) is 28.3 Å². The van der Waals surface area contributed by atoms with Gasteiger partial charge in [-0.1, -0.05) is 53.6 Å². The zero-order chi connectivity index (χ0) is 28.0. The Balaban J connectivity index is 1.39. The number of sulfonamides is 2. The lowest BCUT2D eigenvalue weighted by Gasteiger charge is -2.22. The Morgan fingerprint density at radius 3 is 2.18 bits per heavy atom. The number of nitrogens with one attached hydrogen (secondary N) is 1. The van der Waals surface area contributed by atoms with E-state index in [4.69, 9.17) is 11.6 Å². The van der Waals surface area contributed by atoms with E-state index < -0.39 is 26.0 Å². The van der Waals surface area contributed by atoms with Crippen LogP contribution in [-0.4, -0.2) is 57.5 Å². The highest BCUT2D eigenvalue weighted by molar-refractivity contribution is 7.89. The highest BCUT2D eigenvalue weighted by Crippen LogP contribution is 2.22. The van der Waals surface area contributed by atoms with Crippen LogP contribution in [0.2, 0.25) is 5.02 Å². The minimum absolute atomic E-state index is 0.0167. The van der Waals surface area contributed by atoms with Gasteiger partial charge < -0.3 is 5.32 Å². The van der Waals surface area contributed by atoms with Crippen molar-refractivity contribution < 1.29 is 21.6 Å². The standard InChI is InChI=1S/C28H32ClN3O5S2/c1-22-7-11-26(12-8-22)39(36,37)32(20-24-5-4-6-25(29)19-24)21-28(33)30-16-15-23-9-13-27(14-10-23)38(34,35)31-17-2-3-18-31/h4-14,19H,2-3,15-18,20-21H2,1H3,(H,30,33). The van der Waals surface area contributed by atoms with Gasteiger partial charge in [-0.25, -0.2) is 16.8 Å². The molecule has 0 aliphatic carbocycles. The lowest BCUT2D eigenvalue weighted by molar-refractivity contribution is -0.121. The first-order valence-electron chi connectivity index (χ1n) is 12.7. The molecular formula is C28H32ClN3O5S2. The molecule has 1 amide bonds. The Labute approximate surface area is 235 Å². The second-order valence-electron chi connectivity index (χ2n) is 9.57. The number of hydrogen-bond donors (Lipinski definition) is 1. The molecule has 11 heteroatoms. The third-order valence-electron chi connectivity index (χ3n) is 6.59. The molecule has 0 bridgehead atoms. The maximum absolute atomic E-state index is 13.4. The van der Waals surface area contributed by atoms with Gasteiger partial charge in [-0.3, -0.25) is 4.79 Å². The van der Waals surface area contributed by atoms with Gasteiger partial charge in [0.15, 0.2) is 0 Å². The Kier molecular flexibility index (Phi) is 9.45. The van der Waals surface area contributed by atoms with E-state index in [-0.39, 0.29) is 29.4 Å². The lowest BCUT2D eigenvalue weighted by Crippen LogP contribution is -2.40. The average Bonchev–Trinajstić information content (AvgIpc) is 3.45. The molecule has 3 aromatic carbocycles. The average molecular weight is 590 g/mol. The van der Waals surface area contributed by atoms with Crippen LogP contribution in [0.15, 0.2) is 82.6 Å². The number of hydrogen-bond acceptors (Lipinski definition) is 5. The summed E-state index contributed by atoms with van der Waals surface area (Å²) in [7, 11) is -7.44. The Hall–Kier alpha value is -2.76. The quantitative estimate of drug-likeness (QED) is 0.364. The van der Waals surface area contributed by atoms with Crippen molar-refractivity contribution in [3.63, 3.8) is 0 Å². The molecule has 1 fully saturated rings. The molecular weight excluding hydrogens is 558 g/mol. The van der Waals surface area contributed by atoms with E-state index >= 15 is 0 Å². The van der Waals surface area contributed by atoms with Crippen LogP contribution in [0.3, 0.4) is 0 Å². The van der Waals surface area contributed by atoms with E-state index in [1.807, 2.05) is 6.92 Å². The molecule has 1 aliphatic rings. The Bertz CT molecular complexity index is 1500. The number of amides is 1. The van der Waals surface area contributed by atoms with Crippen molar-refractivity contribution in [2.45, 2.75) is 42.5 Å². The zero-order valence-corrected chi connectivity index (χ0v) is 24.1. The van der Waals surface area contributed by atoms with E-state index in [1.165, 1.54) is 16.4 Å². The van der Waals surface area contributed by atoms with E-state index in [0.29, 0.717) is 30.1 Å². The molecule has 1 aliphatic heterocycles. The van der Waals surface area contributed by atoms with Crippen molar-refractivity contribution in [3.8, 4) is 0 Å². The molecule has 208 valence electrons. The fourth-order valence-corrected chi connectivity index (χ4v) is 7.51. The van der Waals surface area contributed by atoms with Gasteiger partial charge in [0.2, 0.25) is 26.0 Å². The van der Waals surface area contributed by atoms with Crippen molar-refractivity contribution in [1.29, 1.82) is 0 Å². The monoisotopic (exact) mass is 589 g/mol. The van der Waals surface area contributed by atoms with Gasteiger partial charge in [-0.05, 0) is 73.7 Å². The number of rotatable bonds is 11. The summed E-state index contributed by atoms with van der Waals surface area (Å²) in [6.45, 7) is 2.85. The van der Waals surface area contributed by atoms with Crippen molar-refractivity contribution in [2.24, 2.45) is 0 Å². The molecule has 0 atom stereocenters. The molecule has 0 spiro atoms. The van der Waals surface area contributed by atoms with Crippen LogP contribution in [-0.2, 0) is 37.8 Å². The number of carbonyl (C=O) groups excluding carboxylic acids is 1. The summed E-state index contributed by atoms with van der Waals surface area (Å²) < 4.78 is 54.9. The second-order valence-corrected chi connectivity index (χ2v) is 13.9. The maximum Gasteiger partial charge on any atom is 0.243 e. The molecule has 1 N–H and O–H groups in total. The number of benzene rings is 3. The largest absolute Gasteiger partial charge is 0.355 e. The van der Waals surface area contributed by atoms with Crippen LogP contribution in [0.4, 0.5) is 0 Å². The number of halogens is 1.